The molecular formula is C34H32ClF2N11O3. The van der Waals surface area contributed by atoms with Crippen molar-refractivity contribution in [3.8, 4) is 22.7 Å². The lowest BCUT2D eigenvalue weighted by Gasteiger charge is -2.31. The molecule has 6 heterocycles. The number of ether oxygens (including phenoxy) is 1. The summed E-state index contributed by atoms with van der Waals surface area (Å²) in [5.74, 6) is -0.265. The maximum Gasteiger partial charge on any atom is 0.245 e. The molecular weight excluding hydrogens is 684 g/mol. The average molecular weight is 716 g/mol. The molecule has 3 atom stereocenters. The summed E-state index contributed by atoms with van der Waals surface area (Å²) < 4.78 is 38.3. The molecule has 262 valence electrons. The number of phenols is 1. The maximum atomic E-state index is 15.0. The molecule has 4 aromatic heterocycles. The molecule has 2 aliphatic rings. The van der Waals surface area contributed by atoms with Crippen molar-refractivity contribution in [3.63, 3.8) is 0 Å². The van der Waals surface area contributed by atoms with E-state index in [4.69, 9.17) is 21.3 Å². The Labute approximate surface area is 294 Å². The number of aryl methyl sites for hydroxylation is 1. The van der Waals surface area contributed by atoms with Crippen LogP contribution in [0.2, 0.25) is 5.28 Å². The Kier molecular flexibility index (Phi) is 8.14. The molecule has 2 N–H and O–H groups in total. The topological polar surface area (TPSA) is 152 Å². The first-order chi connectivity index (χ1) is 24.6. The quantitative estimate of drug-likeness (QED) is 0.248. The zero-order chi connectivity index (χ0) is 35.6. The number of nitrogens with zero attached hydrogens (tertiary/aromatic N) is 10. The first kappa shape index (κ1) is 32.7. The van der Waals surface area contributed by atoms with Gasteiger partial charge in [0.25, 0.3) is 0 Å². The number of nitrogens with one attached hydrogen (secondary N) is 1. The number of hydrogen-bond donors (Lipinski definition) is 2. The predicted octanol–water partition coefficient (Wildman–Crippen LogP) is 4.50. The third kappa shape index (κ3) is 5.83. The molecule has 4 bridgehead atoms. The molecule has 14 nitrogen and oxygen atoms in total. The second-order valence-electron chi connectivity index (χ2n) is 12.6. The van der Waals surface area contributed by atoms with Crippen molar-refractivity contribution in [2.24, 2.45) is 0 Å². The predicted molar refractivity (Wildman–Crippen MR) is 185 cm³/mol. The maximum absolute atomic E-state index is 15.0. The largest absolute Gasteiger partial charge is 0.506 e. The summed E-state index contributed by atoms with van der Waals surface area (Å²) in [5.41, 5.74) is 2.69. The van der Waals surface area contributed by atoms with Gasteiger partial charge in [0.05, 0.1) is 41.0 Å². The lowest BCUT2D eigenvalue weighted by molar-refractivity contribution is -0.133. The molecule has 0 saturated carbocycles. The van der Waals surface area contributed by atoms with Gasteiger partial charge in [-0.25, -0.2) is 28.4 Å². The van der Waals surface area contributed by atoms with Gasteiger partial charge in [0.15, 0.2) is 5.65 Å². The molecule has 2 aromatic carbocycles. The highest BCUT2D eigenvalue weighted by Gasteiger charge is 2.41. The minimum absolute atomic E-state index is 0.112. The lowest BCUT2D eigenvalue weighted by atomic mass is 10.1. The van der Waals surface area contributed by atoms with Crippen molar-refractivity contribution in [1.82, 2.24) is 44.2 Å². The molecule has 1 saturated heterocycles. The van der Waals surface area contributed by atoms with Crippen LogP contribution in [0.15, 0.2) is 48.8 Å². The molecule has 8 rings (SSSR count). The number of anilines is 2. The Morgan fingerprint density at radius 3 is 2.71 bits per heavy atom. The van der Waals surface area contributed by atoms with Gasteiger partial charge >= 0.3 is 0 Å². The minimum atomic E-state index is -0.715. The van der Waals surface area contributed by atoms with E-state index in [0.717, 1.165) is 6.07 Å². The van der Waals surface area contributed by atoms with Crippen molar-refractivity contribution >= 4 is 51.3 Å². The molecule has 1 amide bonds. The first-order valence-electron chi connectivity index (χ1n) is 16.4. The fraction of sp³-hybridized carbons (Fsp3) is 0.324. The number of rotatable bonds is 4. The Bertz CT molecular complexity index is 2330. The SMILES string of the molecule is CCOC1CN(C)C(=O)C2CC(CN2c2nc(Cl)nc3c2cnn3-c2ccc(F)cc2O)Nc2nccc(n2)-c2cc(F)cc3nc(C)n(c23)C1. The van der Waals surface area contributed by atoms with Crippen LogP contribution in [-0.2, 0) is 16.1 Å². The molecule has 0 radical (unpaired) electrons. The number of likely N-dealkylation sites (N-methyl/N-ethyl adjacent to an activating group) is 1. The van der Waals surface area contributed by atoms with Gasteiger partial charge < -0.3 is 29.5 Å². The number of carbonyl (C=O) groups is 1. The lowest BCUT2D eigenvalue weighted by Crippen LogP contribution is -2.47. The molecule has 6 aromatic rings. The highest BCUT2D eigenvalue weighted by Crippen LogP contribution is 2.36. The van der Waals surface area contributed by atoms with Crippen molar-refractivity contribution in [1.29, 1.82) is 0 Å². The van der Waals surface area contributed by atoms with Crippen molar-refractivity contribution in [3.05, 3.63) is 71.5 Å². The zero-order valence-electron chi connectivity index (χ0n) is 27.8. The summed E-state index contributed by atoms with van der Waals surface area (Å²) in [6, 6.07) is 7.07. The highest BCUT2D eigenvalue weighted by atomic mass is 35.5. The van der Waals surface area contributed by atoms with Gasteiger partial charge in [0.1, 0.15) is 40.8 Å². The van der Waals surface area contributed by atoms with Crippen LogP contribution in [0.4, 0.5) is 20.5 Å². The van der Waals surface area contributed by atoms with Crippen LogP contribution in [0.3, 0.4) is 0 Å². The van der Waals surface area contributed by atoms with E-state index < -0.39 is 23.8 Å². The van der Waals surface area contributed by atoms with Gasteiger partial charge in [0, 0.05) is 56.7 Å². The minimum Gasteiger partial charge on any atom is -0.506 e. The van der Waals surface area contributed by atoms with Crippen LogP contribution in [0.5, 0.6) is 5.75 Å². The Hall–Kier alpha value is -5.48. The van der Waals surface area contributed by atoms with E-state index in [1.54, 1.807) is 24.2 Å². The monoisotopic (exact) mass is 715 g/mol. The van der Waals surface area contributed by atoms with Gasteiger partial charge in [-0.3, -0.25) is 4.79 Å². The number of fused-ring (bicyclic) bond motifs is 6. The Morgan fingerprint density at radius 2 is 1.90 bits per heavy atom. The number of imidazole rings is 1. The summed E-state index contributed by atoms with van der Waals surface area (Å²) in [6.07, 6.45) is 3.03. The standard InChI is InChI=1S/C34H32ClF2N11O3/c1-4-51-21-15-45(3)32(50)27-12-20(41-34-38-8-7-24(42-34)22-9-19(37)10-25-29(22)46(16-21)17(2)40-25)14-47(27)30-23-13-39-48(31(23)44-33(35)43-30)26-6-5-18(36)11-28(26)49/h5-11,13,20-21,27,49H,4,12,14-16H2,1-3H3,(H,38,41,42). The second kappa shape index (κ2) is 12.7. The number of hydrogen-bond acceptors (Lipinski definition) is 11. The summed E-state index contributed by atoms with van der Waals surface area (Å²) in [5, 5.41) is 18.7. The van der Waals surface area contributed by atoms with E-state index in [1.807, 2.05) is 23.3 Å². The van der Waals surface area contributed by atoms with Gasteiger partial charge in [-0.15, -0.1) is 0 Å². The van der Waals surface area contributed by atoms with Gasteiger partial charge in [0.2, 0.25) is 17.1 Å². The second-order valence-corrected chi connectivity index (χ2v) is 13.0. The third-order valence-electron chi connectivity index (χ3n) is 9.31. The molecule has 17 heteroatoms. The number of benzene rings is 2. The molecule has 0 spiro atoms. The summed E-state index contributed by atoms with van der Waals surface area (Å²) in [6.45, 7) is 5.03. The number of phenolic OH excluding ortho intramolecular Hbond substituents is 1. The number of aromatic nitrogens is 8. The third-order valence-corrected chi connectivity index (χ3v) is 9.48. The van der Waals surface area contributed by atoms with Gasteiger partial charge in [-0.1, -0.05) is 0 Å². The fourth-order valence-corrected chi connectivity index (χ4v) is 7.29. The summed E-state index contributed by atoms with van der Waals surface area (Å²) >= 11 is 6.50. The van der Waals surface area contributed by atoms with E-state index >= 15 is 0 Å². The molecule has 3 unspecified atom stereocenters. The van der Waals surface area contributed by atoms with Crippen LogP contribution in [0.1, 0.15) is 19.2 Å². The van der Waals surface area contributed by atoms with Crippen LogP contribution in [-0.4, -0.2) is 100 Å². The molecule has 1 fully saturated rings. The molecule has 2 aliphatic heterocycles. The van der Waals surface area contributed by atoms with Gasteiger partial charge in [-0.05, 0) is 56.1 Å². The fourth-order valence-electron chi connectivity index (χ4n) is 7.13. The van der Waals surface area contributed by atoms with Gasteiger partial charge in [-0.2, -0.15) is 15.1 Å². The number of amides is 1. The van der Waals surface area contributed by atoms with Crippen LogP contribution >= 0.6 is 11.6 Å². The van der Waals surface area contributed by atoms with E-state index in [1.165, 1.54) is 35.1 Å². The number of carbonyl (C=O) groups excluding carboxylic acids is 1. The van der Waals surface area contributed by atoms with Crippen LogP contribution < -0.4 is 10.2 Å². The number of aromatic hydroxyl groups is 1. The Morgan fingerprint density at radius 1 is 1.06 bits per heavy atom. The average Bonchev–Trinajstić information content (AvgIpc) is 3.79. The van der Waals surface area contributed by atoms with Crippen molar-refractivity contribution < 1.29 is 23.4 Å². The highest BCUT2D eigenvalue weighted by molar-refractivity contribution is 6.28. The summed E-state index contributed by atoms with van der Waals surface area (Å²) in [7, 11) is 1.73. The normalized spacial score (nSPS) is 19.4. The first-order valence-corrected chi connectivity index (χ1v) is 16.8. The molecule has 51 heavy (non-hydrogen) atoms. The Balaban J connectivity index is 1.24. The summed E-state index contributed by atoms with van der Waals surface area (Å²) in [4.78, 5) is 40.8. The van der Waals surface area contributed by atoms with Crippen LogP contribution in [0.25, 0.3) is 39.0 Å². The van der Waals surface area contributed by atoms with Crippen LogP contribution in [0, 0.1) is 18.6 Å². The van der Waals surface area contributed by atoms with E-state index in [9.17, 15) is 18.7 Å². The zero-order valence-corrected chi connectivity index (χ0v) is 28.5. The van der Waals surface area contributed by atoms with E-state index in [2.05, 4.69) is 30.4 Å². The number of halogens is 3. The van der Waals surface area contributed by atoms with Crippen molar-refractivity contribution in [2.75, 3.05) is 37.0 Å². The molecule has 0 aliphatic carbocycles. The van der Waals surface area contributed by atoms with E-state index in [-0.39, 0.29) is 47.4 Å². The van der Waals surface area contributed by atoms with Crippen molar-refractivity contribution in [2.45, 2.75) is 45.0 Å². The van der Waals surface area contributed by atoms with E-state index in [0.29, 0.717) is 64.8 Å². The smallest absolute Gasteiger partial charge is 0.245 e.